The average Bonchev–Trinajstić information content (AvgIpc) is 3.47. The highest BCUT2D eigenvalue weighted by Crippen LogP contribution is 2.08. The van der Waals surface area contributed by atoms with E-state index >= 15 is 0 Å². The number of amides is 5. The average molecular weight is 554 g/mol. The van der Waals surface area contributed by atoms with Crippen molar-refractivity contribution in [1.29, 1.82) is 0 Å². The molecule has 1 fully saturated rings. The van der Waals surface area contributed by atoms with E-state index in [1.54, 1.807) is 4.90 Å². The Morgan fingerprint density at radius 2 is 1.70 bits per heavy atom. The van der Waals surface area contributed by atoms with Gasteiger partial charge in [-0.05, 0) is 31.2 Å². The minimum atomic E-state index is -0.933. The number of aromatic amines is 1. The number of hydrogen-bond acceptors (Lipinski definition) is 6. The van der Waals surface area contributed by atoms with Gasteiger partial charge >= 0.3 is 0 Å². The monoisotopic (exact) mass is 553 g/mol. The van der Waals surface area contributed by atoms with Gasteiger partial charge in [0.05, 0.1) is 12.5 Å². The number of nitrogens with zero attached hydrogens (tertiary/aromatic N) is 2. The normalized spacial score (nSPS) is 22.4. The zero-order chi connectivity index (χ0) is 29.1. The molecule has 12 nitrogen and oxygen atoms in total. The Kier molecular flexibility index (Phi) is 11.2. The summed E-state index contributed by atoms with van der Waals surface area (Å²) in [5.74, 6) is -2.17. The van der Waals surface area contributed by atoms with Crippen LogP contribution >= 0.6 is 0 Å². The summed E-state index contributed by atoms with van der Waals surface area (Å²) >= 11 is 0. The Balaban J connectivity index is 1.80. The molecule has 5 amide bonds. The molecule has 1 aromatic heterocycles. The number of benzene rings is 1. The molecule has 0 spiro atoms. The molecular formula is C28H39N7O5. The Hall–Kier alpha value is -4.22. The lowest BCUT2D eigenvalue weighted by Gasteiger charge is -2.26. The number of nitrogens with one attached hydrogen (secondary N) is 5. The smallest absolute Gasteiger partial charge is 0.271 e. The molecule has 5 N–H and O–H groups in total. The molecule has 1 saturated heterocycles. The fourth-order valence-electron chi connectivity index (χ4n) is 4.40. The van der Waals surface area contributed by atoms with Gasteiger partial charge in [0.1, 0.15) is 23.8 Å². The quantitative estimate of drug-likeness (QED) is 0.370. The van der Waals surface area contributed by atoms with Crippen molar-refractivity contribution in [2.45, 2.75) is 64.6 Å². The third-order valence-corrected chi connectivity index (χ3v) is 6.69. The molecule has 0 unspecified atom stereocenters. The molecule has 3 atom stereocenters. The third kappa shape index (κ3) is 8.92. The van der Waals surface area contributed by atoms with Gasteiger partial charge in [-0.2, -0.15) is 0 Å². The molecule has 12 heteroatoms. The van der Waals surface area contributed by atoms with E-state index in [-0.39, 0.29) is 36.5 Å². The second-order valence-corrected chi connectivity index (χ2v) is 10.3. The zero-order valence-electron chi connectivity index (χ0n) is 23.2. The van der Waals surface area contributed by atoms with Crippen molar-refractivity contribution in [2.75, 3.05) is 19.6 Å². The molecule has 2 aromatic rings. The van der Waals surface area contributed by atoms with E-state index in [1.807, 2.05) is 44.2 Å². The van der Waals surface area contributed by atoms with Gasteiger partial charge in [-0.1, -0.05) is 44.2 Å². The summed E-state index contributed by atoms with van der Waals surface area (Å²) in [4.78, 5) is 73.3. The van der Waals surface area contributed by atoms with Crippen molar-refractivity contribution in [2.24, 2.45) is 5.92 Å². The summed E-state index contributed by atoms with van der Waals surface area (Å²) in [5, 5.41) is 11.0. The Bertz CT molecular complexity index is 1150. The molecule has 0 saturated carbocycles. The van der Waals surface area contributed by atoms with E-state index in [0.29, 0.717) is 38.2 Å². The highest BCUT2D eigenvalue weighted by atomic mass is 16.2. The molecule has 1 aromatic carbocycles. The second-order valence-electron chi connectivity index (χ2n) is 10.3. The summed E-state index contributed by atoms with van der Waals surface area (Å²) in [5.41, 5.74) is 1.17. The van der Waals surface area contributed by atoms with Gasteiger partial charge in [0.15, 0.2) is 0 Å². The van der Waals surface area contributed by atoms with Crippen LogP contribution in [0.3, 0.4) is 0 Å². The predicted molar refractivity (Wildman–Crippen MR) is 148 cm³/mol. The van der Waals surface area contributed by atoms with E-state index < -0.39 is 29.9 Å². The summed E-state index contributed by atoms with van der Waals surface area (Å²) in [6, 6.07) is 6.58. The summed E-state index contributed by atoms with van der Waals surface area (Å²) in [6.45, 7) is 6.10. The molecule has 0 radical (unpaired) electrons. The fourth-order valence-corrected chi connectivity index (χ4v) is 4.40. The maximum atomic E-state index is 13.2. The van der Waals surface area contributed by atoms with E-state index in [2.05, 4.69) is 31.2 Å². The zero-order valence-corrected chi connectivity index (χ0v) is 23.2. The van der Waals surface area contributed by atoms with Crippen LogP contribution in [0, 0.1) is 5.92 Å². The predicted octanol–water partition coefficient (Wildman–Crippen LogP) is 0.525. The van der Waals surface area contributed by atoms with Gasteiger partial charge in [0.2, 0.25) is 23.6 Å². The molecule has 0 bridgehead atoms. The standard InChI is InChI=1S/C28H39N7O5/c1-18(2)24-27(39)30-12-8-14-35(28(40)22-16-29-17-31-22)13-7-11-23(36)33-21(15-20-9-5-4-6-10-20)26(38)32-19(3)25(37)34-24/h4-6,9-10,16-19,21,24H,7-8,11-15H2,1-3H3,(H,29,31)(H,30,39)(H,32,38)(H,33,36)(H,34,37)/t19-,21+,24-/m1/s1. The number of carbonyl (C=O) groups excluding carboxylic acids is 5. The first kappa shape index (κ1) is 30.3. The van der Waals surface area contributed by atoms with Crippen LogP contribution in [0.2, 0.25) is 0 Å². The molecule has 2 heterocycles. The van der Waals surface area contributed by atoms with Crippen LogP contribution in [0.1, 0.15) is 56.1 Å². The summed E-state index contributed by atoms with van der Waals surface area (Å²) < 4.78 is 0. The number of rotatable bonds is 4. The van der Waals surface area contributed by atoms with Crippen molar-refractivity contribution < 1.29 is 24.0 Å². The molecule has 216 valence electrons. The first-order valence-electron chi connectivity index (χ1n) is 13.6. The van der Waals surface area contributed by atoms with Gasteiger partial charge in [0.25, 0.3) is 5.91 Å². The molecule has 3 rings (SSSR count). The van der Waals surface area contributed by atoms with E-state index in [1.165, 1.54) is 19.4 Å². The van der Waals surface area contributed by atoms with E-state index in [9.17, 15) is 24.0 Å². The largest absolute Gasteiger partial charge is 0.354 e. The molecular weight excluding hydrogens is 514 g/mol. The van der Waals surface area contributed by atoms with Crippen molar-refractivity contribution >= 4 is 29.5 Å². The number of hydrogen-bond donors (Lipinski definition) is 5. The van der Waals surface area contributed by atoms with Crippen LogP contribution in [0.25, 0.3) is 0 Å². The fraction of sp³-hybridized carbons (Fsp3) is 0.500. The lowest BCUT2D eigenvalue weighted by molar-refractivity contribution is -0.134. The SMILES string of the molecule is CC(C)[C@H]1NC(=O)[C@@H](C)NC(=O)[C@H](Cc2ccccc2)NC(=O)CCCN(C(=O)c2cnc[nH]2)CCCNC1=O. The number of carbonyl (C=O) groups is 5. The van der Waals surface area contributed by atoms with Crippen LogP contribution in [0.15, 0.2) is 42.9 Å². The minimum Gasteiger partial charge on any atom is -0.354 e. The van der Waals surface area contributed by atoms with Gasteiger partial charge in [0, 0.05) is 32.5 Å². The van der Waals surface area contributed by atoms with Crippen molar-refractivity contribution in [1.82, 2.24) is 36.1 Å². The Morgan fingerprint density at radius 3 is 2.38 bits per heavy atom. The second kappa shape index (κ2) is 14.8. The molecule has 1 aliphatic rings. The molecule has 0 aliphatic carbocycles. The minimum absolute atomic E-state index is 0.0914. The summed E-state index contributed by atoms with van der Waals surface area (Å²) in [7, 11) is 0. The number of imidazole rings is 1. The van der Waals surface area contributed by atoms with Crippen molar-refractivity contribution in [3.8, 4) is 0 Å². The first-order chi connectivity index (χ1) is 19.2. The maximum Gasteiger partial charge on any atom is 0.271 e. The Morgan fingerprint density at radius 1 is 0.975 bits per heavy atom. The van der Waals surface area contributed by atoms with Crippen molar-refractivity contribution in [3.05, 3.63) is 54.1 Å². The Labute approximate surface area is 234 Å². The van der Waals surface area contributed by atoms with Crippen LogP contribution in [-0.2, 0) is 25.6 Å². The topological polar surface area (TPSA) is 165 Å². The first-order valence-corrected chi connectivity index (χ1v) is 13.6. The van der Waals surface area contributed by atoms with Gasteiger partial charge in [-0.25, -0.2) is 4.98 Å². The van der Waals surface area contributed by atoms with Crippen LogP contribution in [-0.4, -0.2) is 82.2 Å². The van der Waals surface area contributed by atoms with E-state index in [4.69, 9.17) is 0 Å². The third-order valence-electron chi connectivity index (χ3n) is 6.69. The van der Waals surface area contributed by atoms with Gasteiger partial charge < -0.3 is 31.2 Å². The van der Waals surface area contributed by atoms with Crippen LogP contribution in [0.4, 0.5) is 0 Å². The van der Waals surface area contributed by atoms with Gasteiger partial charge in [-0.3, -0.25) is 24.0 Å². The van der Waals surface area contributed by atoms with Crippen LogP contribution in [0.5, 0.6) is 0 Å². The lowest BCUT2D eigenvalue weighted by atomic mass is 10.0. The highest BCUT2D eigenvalue weighted by molar-refractivity contribution is 5.94. The molecule has 1 aliphatic heterocycles. The number of H-pyrrole nitrogens is 1. The van der Waals surface area contributed by atoms with Crippen LogP contribution < -0.4 is 21.3 Å². The maximum absolute atomic E-state index is 13.2. The molecule has 40 heavy (non-hydrogen) atoms. The van der Waals surface area contributed by atoms with E-state index in [0.717, 1.165) is 5.56 Å². The van der Waals surface area contributed by atoms with Crippen molar-refractivity contribution in [3.63, 3.8) is 0 Å². The highest BCUT2D eigenvalue weighted by Gasteiger charge is 2.29. The van der Waals surface area contributed by atoms with Gasteiger partial charge in [-0.15, -0.1) is 0 Å². The number of aromatic nitrogens is 2. The lowest BCUT2D eigenvalue weighted by Crippen LogP contribution is -2.57. The summed E-state index contributed by atoms with van der Waals surface area (Å²) in [6.07, 6.45) is 4.02.